The molecule has 54 heavy (non-hydrogen) atoms. The third-order valence-electron chi connectivity index (χ3n) is 10.9. The van der Waals surface area contributed by atoms with Crippen molar-refractivity contribution in [2.75, 3.05) is 13.2 Å². The van der Waals surface area contributed by atoms with Gasteiger partial charge in [0.15, 0.2) is 6.61 Å². The molecule has 2 aliphatic carbocycles. The molecule has 1 saturated heterocycles. The number of nitrogens with zero attached hydrogens (tertiary/aromatic N) is 2. The number of carbonyl (C=O) groups excluding carboxylic acids is 3. The fraction of sp³-hybridized carbons (Fsp3) is 0.583. The molecule has 4 aliphatic rings. The molecule has 4 amide bonds. The van der Waals surface area contributed by atoms with E-state index < -0.39 is 87.2 Å². The smallest absolute Gasteiger partial charge is 0.405 e. The molecule has 4 N–H and O–H groups in total. The van der Waals surface area contributed by atoms with Crippen molar-refractivity contribution in [2.45, 2.75) is 101 Å². The molecule has 294 valence electrons. The van der Waals surface area contributed by atoms with E-state index in [1.807, 2.05) is 13.0 Å². The number of halogens is 3. The van der Waals surface area contributed by atoms with Gasteiger partial charge >= 0.3 is 6.09 Å². The summed E-state index contributed by atoms with van der Waals surface area (Å²) in [6.45, 7) is 4.11. The zero-order valence-electron chi connectivity index (χ0n) is 30.0. The quantitative estimate of drug-likeness (QED) is 0.265. The van der Waals surface area contributed by atoms with Gasteiger partial charge < -0.3 is 30.1 Å². The Balaban J connectivity index is 1.35. The van der Waals surface area contributed by atoms with Crippen molar-refractivity contribution in [3.8, 4) is 11.8 Å². The minimum Gasteiger partial charge on any atom is -0.472 e. The van der Waals surface area contributed by atoms with Crippen LogP contribution < -0.4 is 24.8 Å². The van der Waals surface area contributed by atoms with Gasteiger partial charge in [0.25, 0.3) is 12.3 Å². The molecule has 3 fully saturated rings. The molecule has 18 heteroatoms. The monoisotopic (exact) mass is 795 g/mol. The van der Waals surface area contributed by atoms with Crippen LogP contribution in [0.15, 0.2) is 36.4 Å². The Bertz CT molecular complexity index is 1960. The molecular weight excluding hydrogens is 752 g/mol. The second kappa shape index (κ2) is 15.1. The maximum atomic E-state index is 14.4. The normalized spacial score (nSPS) is 30.2. The highest BCUT2D eigenvalue weighted by atomic mass is 35.5. The van der Waals surface area contributed by atoms with Crippen LogP contribution in [0.4, 0.5) is 13.6 Å². The van der Waals surface area contributed by atoms with Gasteiger partial charge in [-0.2, -0.15) is 4.98 Å². The van der Waals surface area contributed by atoms with E-state index in [0.29, 0.717) is 42.9 Å². The Morgan fingerprint density at radius 2 is 1.93 bits per heavy atom. The number of nitrogens with one attached hydrogen (secondary N) is 3. The van der Waals surface area contributed by atoms with Gasteiger partial charge in [-0.25, -0.2) is 22.0 Å². The number of hydrogen-bond acceptors (Lipinski definition) is 9. The Hall–Kier alpha value is -4.25. The lowest BCUT2D eigenvalue weighted by Crippen LogP contribution is -2.59. The number of sulfonamides is 1. The molecular formula is C36H44ClF2N5O9S. The summed E-state index contributed by atoms with van der Waals surface area (Å²) in [6, 6.07) is 3.70. The Morgan fingerprint density at radius 3 is 2.61 bits per heavy atom. The third kappa shape index (κ3) is 8.21. The average molecular weight is 796 g/mol. The van der Waals surface area contributed by atoms with E-state index in [2.05, 4.69) is 20.3 Å². The molecule has 0 unspecified atom stereocenters. The lowest BCUT2D eigenvalue weighted by Gasteiger charge is -2.32. The minimum absolute atomic E-state index is 0.0633. The summed E-state index contributed by atoms with van der Waals surface area (Å²) < 4.78 is 64.9. The van der Waals surface area contributed by atoms with Gasteiger partial charge in [-0.3, -0.25) is 19.1 Å². The van der Waals surface area contributed by atoms with Crippen molar-refractivity contribution in [1.82, 2.24) is 25.2 Å². The predicted octanol–water partition coefficient (Wildman–Crippen LogP) is 4.40. The number of ether oxygens (including phenoxy) is 2. The standard InChI is InChI=1S/C36H44ClF2N5O9S/c1-19-7-4-5-8-21-16-36(21,33(47)43-54(50,51)35(3)11-12-35)42-30(45)26-14-22(17-44(26)32(46)29(20(2)13-19)41-34(48)49)53-31-23-9-6-10-25(37)24(23)15-28(40-31)52-18-27(38)39/h5-6,8-10,15,19-22,26-27,29,41H,4,7,11-14,16-18H2,1-3H3,(H,42,45)(H,43,47)(H,48,49)/b8-5-/t19-,20+,21+,22+,26-,29-,36+/m0/s1. The van der Waals surface area contributed by atoms with Gasteiger partial charge in [-0.1, -0.05) is 43.7 Å². The van der Waals surface area contributed by atoms with Gasteiger partial charge in [0.05, 0.1) is 11.3 Å². The Labute approximate surface area is 316 Å². The SMILES string of the molecule is C[C@H]1CC/C=C\[C@@H]2C[C@@]2(C(=O)NS(=O)(=O)C2(C)CC2)NC(=O)[C@@H]2C[C@@H](Oc3nc(OCC(F)F)cc4c(Cl)cccc34)CN2C(=O)[C@@H](NC(=O)O)[C@H](C)C1. The topological polar surface area (TPSA) is 193 Å². The second-order valence-corrected chi connectivity index (χ2v) is 17.8. The Kier molecular flexibility index (Phi) is 11.0. The summed E-state index contributed by atoms with van der Waals surface area (Å²) in [5.41, 5.74) is -1.62. The van der Waals surface area contributed by atoms with Crippen LogP contribution in [0.25, 0.3) is 10.8 Å². The molecule has 7 atom stereocenters. The molecule has 14 nitrogen and oxygen atoms in total. The van der Waals surface area contributed by atoms with E-state index in [1.165, 1.54) is 17.9 Å². The van der Waals surface area contributed by atoms with Crippen molar-refractivity contribution in [2.24, 2.45) is 17.8 Å². The number of aromatic nitrogens is 1. The van der Waals surface area contributed by atoms with E-state index in [-0.39, 0.29) is 42.1 Å². The highest BCUT2D eigenvalue weighted by molar-refractivity contribution is 7.91. The number of alkyl halides is 2. The highest BCUT2D eigenvalue weighted by Crippen LogP contribution is 2.47. The average Bonchev–Trinajstić information content (AvgIpc) is 3.98. The number of benzene rings is 1. The van der Waals surface area contributed by atoms with Crippen LogP contribution >= 0.6 is 11.6 Å². The number of rotatable bonds is 9. The summed E-state index contributed by atoms with van der Waals surface area (Å²) in [4.78, 5) is 60.0. The first kappa shape index (κ1) is 39.4. The van der Waals surface area contributed by atoms with E-state index >= 15 is 0 Å². The molecule has 6 rings (SSSR count). The summed E-state index contributed by atoms with van der Waals surface area (Å²) in [7, 11) is -4.06. The van der Waals surface area contributed by atoms with Crippen molar-refractivity contribution < 1.29 is 51.0 Å². The first-order valence-corrected chi connectivity index (χ1v) is 19.8. The van der Waals surface area contributed by atoms with Gasteiger partial charge in [0.2, 0.25) is 33.6 Å². The molecule has 0 spiro atoms. The van der Waals surface area contributed by atoms with Crippen molar-refractivity contribution in [1.29, 1.82) is 0 Å². The Morgan fingerprint density at radius 1 is 1.19 bits per heavy atom. The third-order valence-corrected chi connectivity index (χ3v) is 13.4. The van der Waals surface area contributed by atoms with E-state index in [0.717, 1.165) is 0 Å². The van der Waals surface area contributed by atoms with Gasteiger partial charge in [0, 0.05) is 34.2 Å². The predicted molar refractivity (Wildman–Crippen MR) is 193 cm³/mol. The van der Waals surface area contributed by atoms with Gasteiger partial charge in [0.1, 0.15) is 23.7 Å². The second-order valence-electron chi connectivity index (χ2n) is 15.2. The molecule has 1 aromatic heterocycles. The van der Waals surface area contributed by atoms with Crippen LogP contribution in [0.3, 0.4) is 0 Å². The molecule has 0 radical (unpaired) electrons. The number of pyridine rings is 1. The van der Waals surface area contributed by atoms with E-state index in [9.17, 15) is 41.5 Å². The number of carbonyl (C=O) groups is 4. The maximum absolute atomic E-state index is 14.4. The van der Waals surface area contributed by atoms with Gasteiger partial charge in [-0.15, -0.1) is 0 Å². The minimum atomic E-state index is -4.06. The van der Waals surface area contributed by atoms with Crippen LogP contribution in [0.1, 0.15) is 65.7 Å². The molecule has 1 aromatic carbocycles. The zero-order valence-corrected chi connectivity index (χ0v) is 31.6. The molecule has 2 aromatic rings. The highest BCUT2D eigenvalue weighted by Gasteiger charge is 2.63. The number of hydrogen-bond donors (Lipinski definition) is 4. The van der Waals surface area contributed by atoms with Crippen LogP contribution in [-0.4, -0.2) is 95.3 Å². The first-order valence-electron chi connectivity index (χ1n) is 18.0. The molecule has 3 heterocycles. The maximum Gasteiger partial charge on any atom is 0.405 e. The van der Waals surface area contributed by atoms with Crippen LogP contribution in [0.2, 0.25) is 5.02 Å². The fourth-order valence-corrected chi connectivity index (χ4v) is 8.93. The van der Waals surface area contributed by atoms with Crippen LogP contribution in [-0.2, 0) is 24.4 Å². The molecule has 2 aliphatic heterocycles. The molecule has 2 saturated carbocycles. The molecule has 0 bridgehead atoms. The fourth-order valence-electron chi connectivity index (χ4n) is 7.39. The van der Waals surface area contributed by atoms with E-state index in [4.69, 9.17) is 21.1 Å². The summed E-state index contributed by atoms with van der Waals surface area (Å²) in [5, 5.41) is 15.9. The van der Waals surface area contributed by atoms with Gasteiger partial charge in [-0.05, 0) is 69.4 Å². The van der Waals surface area contributed by atoms with Crippen molar-refractivity contribution in [3.05, 3.63) is 41.4 Å². The zero-order chi connectivity index (χ0) is 39.2. The first-order chi connectivity index (χ1) is 25.4. The summed E-state index contributed by atoms with van der Waals surface area (Å²) in [6.07, 6.45) is 1.02. The largest absolute Gasteiger partial charge is 0.472 e. The summed E-state index contributed by atoms with van der Waals surface area (Å²) in [5.74, 6) is -3.56. The van der Waals surface area contributed by atoms with Crippen LogP contribution in [0.5, 0.6) is 11.8 Å². The lowest BCUT2D eigenvalue weighted by molar-refractivity contribution is -0.142. The number of carboxylic acid groups (broad SMARTS) is 1. The number of allylic oxidation sites excluding steroid dienone is 1. The number of fused-ring (bicyclic) bond motifs is 3. The van der Waals surface area contributed by atoms with Crippen molar-refractivity contribution in [3.63, 3.8) is 0 Å². The number of amides is 4. The van der Waals surface area contributed by atoms with Crippen molar-refractivity contribution >= 4 is 56.2 Å². The van der Waals surface area contributed by atoms with Crippen LogP contribution in [0, 0.1) is 17.8 Å². The lowest BCUT2D eigenvalue weighted by atomic mass is 9.88. The summed E-state index contributed by atoms with van der Waals surface area (Å²) >= 11 is 6.43. The van der Waals surface area contributed by atoms with E-state index in [1.54, 1.807) is 31.2 Å².